The zero-order valence-electron chi connectivity index (χ0n) is 27.3. The summed E-state index contributed by atoms with van der Waals surface area (Å²) in [7, 11) is 0. The lowest BCUT2D eigenvalue weighted by Gasteiger charge is -2.37. The number of carbonyl (C=O) groups excluding carboxylic acids is 5. The maximum atomic E-state index is 14.2. The van der Waals surface area contributed by atoms with Crippen molar-refractivity contribution in [2.24, 2.45) is 33.8 Å². The Balaban J connectivity index is 1.42. The largest absolute Gasteiger partial charge is 0.370 e. The Bertz CT molecular complexity index is 1300. The number of fused-ring (bicyclic) bond motifs is 1. The molecule has 3 fully saturated rings. The van der Waals surface area contributed by atoms with Crippen molar-refractivity contribution >= 4 is 35.5 Å². The average molecular weight is 654 g/mol. The second-order valence-electron chi connectivity index (χ2n) is 13.0. The lowest BCUT2D eigenvalue weighted by Crippen LogP contribution is -2.58. The first-order valence-corrected chi connectivity index (χ1v) is 16.9. The van der Waals surface area contributed by atoms with Gasteiger partial charge in [0.2, 0.25) is 29.5 Å². The van der Waals surface area contributed by atoms with Crippen LogP contribution in [0.25, 0.3) is 0 Å². The summed E-state index contributed by atoms with van der Waals surface area (Å²) in [6.07, 6.45) is 6.75. The van der Waals surface area contributed by atoms with Gasteiger partial charge in [0.25, 0.3) is 0 Å². The van der Waals surface area contributed by atoms with Crippen molar-refractivity contribution in [3.63, 3.8) is 0 Å². The predicted octanol–water partition coefficient (Wildman–Crippen LogP) is -0.374. The number of nitrogens with one attached hydrogen (secondary N) is 2. The van der Waals surface area contributed by atoms with Gasteiger partial charge in [-0.15, -0.1) is 0 Å². The van der Waals surface area contributed by atoms with E-state index in [1.165, 1.54) is 0 Å². The van der Waals surface area contributed by atoms with Gasteiger partial charge in [0.1, 0.15) is 24.2 Å². The van der Waals surface area contributed by atoms with Crippen LogP contribution in [-0.4, -0.2) is 94.6 Å². The number of aliphatic imine (C=N–C) groups is 1. The molecule has 3 aliphatic rings. The normalized spacial score (nSPS) is 24.0. The van der Waals surface area contributed by atoms with Crippen molar-refractivity contribution in [3.05, 3.63) is 35.9 Å². The van der Waals surface area contributed by atoms with Gasteiger partial charge in [0, 0.05) is 25.6 Å². The van der Waals surface area contributed by atoms with E-state index < -0.39 is 47.9 Å². The molecule has 14 heteroatoms. The zero-order valence-corrected chi connectivity index (χ0v) is 27.3. The second-order valence-corrected chi connectivity index (χ2v) is 13.0. The van der Waals surface area contributed by atoms with Crippen molar-refractivity contribution in [2.75, 3.05) is 13.1 Å². The summed E-state index contributed by atoms with van der Waals surface area (Å²) in [5, 5.41) is 5.49. The van der Waals surface area contributed by atoms with E-state index in [4.69, 9.17) is 22.9 Å². The first-order chi connectivity index (χ1) is 22.5. The molecule has 7 atom stereocenters. The van der Waals surface area contributed by atoms with Crippen molar-refractivity contribution < 1.29 is 24.0 Å². The summed E-state index contributed by atoms with van der Waals surface area (Å²) in [6.45, 7) is 2.48. The van der Waals surface area contributed by atoms with E-state index in [1.807, 2.05) is 30.3 Å². The summed E-state index contributed by atoms with van der Waals surface area (Å²) in [4.78, 5) is 74.2. The van der Waals surface area contributed by atoms with E-state index in [9.17, 15) is 24.0 Å². The average Bonchev–Trinajstić information content (AvgIpc) is 3.70. The Kier molecular flexibility index (Phi) is 12.6. The molecule has 0 unspecified atom stereocenters. The number of primary amides is 1. The quantitative estimate of drug-likeness (QED) is 0.0878. The van der Waals surface area contributed by atoms with Crippen LogP contribution in [0.1, 0.15) is 76.7 Å². The number of hydrogen-bond acceptors (Lipinski definition) is 7. The molecule has 1 saturated carbocycles. The standard InChI is InChI=1S/C33H51N9O5/c1-2-23(29(44)40-24(28(35)43)18-20-10-4-3-5-11-20)39-30(45)26-15-9-17-41(26)32(47)27-19-21-12-6-7-14-25(21)42(27)31(46)22(34)13-8-16-38-33(36)37/h3-5,10-11,21-27H,2,6-9,12-19,34H2,1H3,(H2,35,43)(H,39,45)(H,40,44)(H4,36,37,38)/t21-,22+,23+,24-,25-,26-,27-/m0/s1. The highest BCUT2D eigenvalue weighted by Gasteiger charge is 2.51. The molecule has 14 nitrogen and oxygen atoms in total. The van der Waals surface area contributed by atoms with Crippen LogP contribution in [-0.2, 0) is 30.4 Å². The van der Waals surface area contributed by atoms with Gasteiger partial charge >= 0.3 is 0 Å². The third-order valence-electron chi connectivity index (χ3n) is 9.73. The number of benzene rings is 1. The number of hydrogen-bond donors (Lipinski definition) is 6. The van der Waals surface area contributed by atoms with Crippen molar-refractivity contribution in [2.45, 2.75) is 114 Å². The van der Waals surface area contributed by atoms with Gasteiger partial charge in [-0.25, -0.2) is 0 Å². The summed E-state index contributed by atoms with van der Waals surface area (Å²) < 4.78 is 0. The topological polar surface area (TPSA) is 232 Å². The van der Waals surface area contributed by atoms with Gasteiger partial charge in [-0.2, -0.15) is 0 Å². The number of carbonyl (C=O) groups is 5. The molecule has 1 aromatic rings. The van der Waals surface area contributed by atoms with Crippen molar-refractivity contribution in [3.8, 4) is 0 Å². The fourth-order valence-electron chi connectivity index (χ4n) is 7.29. The predicted molar refractivity (Wildman–Crippen MR) is 177 cm³/mol. The Morgan fingerprint density at radius 2 is 1.66 bits per heavy atom. The molecule has 10 N–H and O–H groups in total. The molecule has 258 valence electrons. The van der Waals surface area contributed by atoms with Crippen LogP contribution in [0, 0.1) is 5.92 Å². The van der Waals surface area contributed by atoms with E-state index in [1.54, 1.807) is 16.7 Å². The number of amides is 5. The molecule has 2 aliphatic heterocycles. The number of nitrogens with two attached hydrogens (primary N) is 4. The molecule has 0 bridgehead atoms. The molecule has 5 amide bonds. The zero-order chi connectivity index (χ0) is 34.1. The molecule has 0 radical (unpaired) electrons. The third-order valence-corrected chi connectivity index (χ3v) is 9.73. The highest BCUT2D eigenvalue weighted by Crippen LogP contribution is 2.41. The number of likely N-dealkylation sites (tertiary alicyclic amines) is 2. The summed E-state index contributed by atoms with van der Waals surface area (Å²) in [5.74, 6) is -1.98. The van der Waals surface area contributed by atoms with Crippen LogP contribution in [0.15, 0.2) is 35.3 Å². The number of nitrogens with zero attached hydrogens (tertiary/aromatic N) is 3. The summed E-state index contributed by atoms with van der Waals surface area (Å²) in [5.41, 5.74) is 23.6. The monoisotopic (exact) mass is 653 g/mol. The van der Waals surface area contributed by atoms with Gasteiger partial charge in [-0.3, -0.25) is 29.0 Å². The third kappa shape index (κ3) is 8.99. The van der Waals surface area contributed by atoms with Crippen molar-refractivity contribution in [1.82, 2.24) is 20.4 Å². The SMILES string of the molecule is CC[C@@H](NC(=O)[C@@H]1CCCN1C(=O)[C@@H]1C[C@@H]2CCCC[C@@H]2N1C(=O)[C@H](N)CCCN=C(N)N)C(=O)N[C@@H](Cc1ccccc1)C(N)=O. The van der Waals surface area contributed by atoms with Crippen LogP contribution < -0.4 is 33.6 Å². The van der Waals surface area contributed by atoms with Crippen LogP contribution in [0.2, 0.25) is 0 Å². The molecule has 47 heavy (non-hydrogen) atoms. The van der Waals surface area contributed by atoms with Crippen LogP contribution in [0.4, 0.5) is 0 Å². The lowest BCUT2D eigenvalue weighted by atomic mass is 9.84. The first kappa shape index (κ1) is 35.7. The highest BCUT2D eigenvalue weighted by molar-refractivity contribution is 5.96. The van der Waals surface area contributed by atoms with Gasteiger partial charge in [-0.05, 0) is 62.8 Å². The molecular weight excluding hydrogens is 602 g/mol. The van der Waals surface area contributed by atoms with E-state index in [-0.39, 0.29) is 42.6 Å². The van der Waals surface area contributed by atoms with Gasteiger partial charge in [0.15, 0.2) is 5.96 Å². The first-order valence-electron chi connectivity index (χ1n) is 16.9. The van der Waals surface area contributed by atoms with E-state index in [2.05, 4.69) is 15.6 Å². The number of rotatable bonds is 14. The van der Waals surface area contributed by atoms with Crippen LogP contribution >= 0.6 is 0 Å². The van der Waals surface area contributed by atoms with Crippen LogP contribution in [0.3, 0.4) is 0 Å². The molecule has 1 aromatic carbocycles. The molecule has 2 saturated heterocycles. The summed E-state index contributed by atoms with van der Waals surface area (Å²) in [6, 6.07) is 4.96. The summed E-state index contributed by atoms with van der Waals surface area (Å²) >= 11 is 0. The van der Waals surface area contributed by atoms with Gasteiger partial charge < -0.3 is 43.4 Å². The van der Waals surface area contributed by atoms with E-state index in [0.29, 0.717) is 45.2 Å². The Morgan fingerprint density at radius 3 is 2.34 bits per heavy atom. The second kappa shape index (κ2) is 16.6. The fraction of sp³-hybridized carbons (Fsp3) is 0.636. The molecule has 0 aromatic heterocycles. The highest BCUT2D eigenvalue weighted by atomic mass is 16.2. The minimum Gasteiger partial charge on any atom is -0.370 e. The molecule has 0 spiro atoms. The smallest absolute Gasteiger partial charge is 0.246 e. The van der Waals surface area contributed by atoms with Crippen LogP contribution in [0.5, 0.6) is 0 Å². The van der Waals surface area contributed by atoms with E-state index in [0.717, 1.165) is 31.2 Å². The Labute approximate surface area is 276 Å². The Hall–Kier alpha value is -4.20. The van der Waals surface area contributed by atoms with Crippen molar-refractivity contribution in [1.29, 1.82) is 0 Å². The lowest BCUT2D eigenvalue weighted by molar-refractivity contribution is -0.149. The van der Waals surface area contributed by atoms with Gasteiger partial charge in [-0.1, -0.05) is 50.1 Å². The number of guanidine groups is 1. The molecular formula is C33H51N9O5. The molecule has 4 rings (SSSR count). The molecule has 2 heterocycles. The minimum absolute atomic E-state index is 0.0202. The fourth-order valence-corrected chi connectivity index (χ4v) is 7.29. The maximum Gasteiger partial charge on any atom is 0.246 e. The van der Waals surface area contributed by atoms with E-state index >= 15 is 0 Å². The van der Waals surface area contributed by atoms with Gasteiger partial charge in [0.05, 0.1) is 6.04 Å². The molecule has 1 aliphatic carbocycles. The maximum absolute atomic E-state index is 14.2. The Morgan fingerprint density at radius 1 is 0.936 bits per heavy atom. The minimum atomic E-state index is -0.951.